The van der Waals surface area contributed by atoms with Crippen molar-refractivity contribution >= 4 is 16.0 Å². The van der Waals surface area contributed by atoms with Gasteiger partial charge in [-0.2, -0.15) is 0 Å². The van der Waals surface area contributed by atoms with Crippen molar-refractivity contribution in [2.45, 2.75) is 18.9 Å². The summed E-state index contributed by atoms with van der Waals surface area (Å²) in [6, 6.07) is 0. The van der Waals surface area contributed by atoms with Crippen LogP contribution in [0.15, 0.2) is 11.2 Å². The van der Waals surface area contributed by atoms with Crippen molar-refractivity contribution in [1.29, 1.82) is 0 Å². The standard InChI is InChI=1S/C8H10N2O4S/c1-4-3-10-7(15(9,13)14)6(5(4)2)8(11)12/h3H,1-2H3,(H,11,12)(H2,9,13,14). The summed E-state index contributed by atoms with van der Waals surface area (Å²) < 4.78 is 22.1. The molecule has 0 aliphatic carbocycles. The van der Waals surface area contributed by atoms with Gasteiger partial charge >= 0.3 is 5.97 Å². The highest BCUT2D eigenvalue weighted by Gasteiger charge is 2.23. The summed E-state index contributed by atoms with van der Waals surface area (Å²) in [5.74, 6) is -1.35. The molecule has 0 aromatic carbocycles. The van der Waals surface area contributed by atoms with Gasteiger partial charge < -0.3 is 5.11 Å². The lowest BCUT2D eigenvalue weighted by atomic mass is 10.1. The van der Waals surface area contributed by atoms with Gasteiger partial charge in [0, 0.05) is 6.20 Å². The van der Waals surface area contributed by atoms with Crippen molar-refractivity contribution in [2.24, 2.45) is 5.14 Å². The molecule has 0 amide bonds. The van der Waals surface area contributed by atoms with Gasteiger partial charge in [0.1, 0.15) is 5.56 Å². The molecular formula is C8H10N2O4S. The molecule has 0 radical (unpaired) electrons. The maximum Gasteiger partial charge on any atom is 0.338 e. The van der Waals surface area contributed by atoms with E-state index in [1.807, 2.05) is 0 Å². The summed E-state index contributed by atoms with van der Waals surface area (Å²) >= 11 is 0. The lowest BCUT2D eigenvalue weighted by Gasteiger charge is -2.08. The van der Waals surface area contributed by atoms with Gasteiger partial charge in [0.05, 0.1) is 0 Å². The number of nitrogens with two attached hydrogens (primary N) is 1. The molecule has 15 heavy (non-hydrogen) atoms. The van der Waals surface area contributed by atoms with Crippen LogP contribution in [0.2, 0.25) is 0 Å². The van der Waals surface area contributed by atoms with E-state index in [1.165, 1.54) is 13.1 Å². The number of aryl methyl sites for hydroxylation is 1. The Balaban J connectivity index is 3.70. The zero-order valence-corrected chi connectivity index (χ0v) is 9.00. The predicted octanol–water partition coefficient (Wildman–Crippen LogP) is 0.0440. The minimum Gasteiger partial charge on any atom is -0.478 e. The van der Waals surface area contributed by atoms with Crippen LogP contribution in [0.4, 0.5) is 0 Å². The minimum absolute atomic E-state index is 0.349. The zero-order chi connectivity index (χ0) is 11.8. The molecule has 1 heterocycles. The molecule has 0 aliphatic rings. The molecule has 0 bridgehead atoms. The first-order chi connectivity index (χ1) is 6.75. The van der Waals surface area contributed by atoms with Crippen molar-refractivity contribution in [3.05, 3.63) is 22.9 Å². The Kier molecular flexibility index (Phi) is 2.78. The molecule has 0 atom stereocenters. The van der Waals surface area contributed by atoms with Gasteiger partial charge in [0.25, 0.3) is 10.0 Å². The molecule has 0 unspecified atom stereocenters. The second-order valence-corrected chi connectivity index (χ2v) is 4.57. The summed E-state index contributed by atoms with van der Waals surface area (Å²) in [6.07, 6.45) is 1.28. The van der Waals surface area contributed by atoms with Crippen LogP contribution >= 0.6 is 0 Å². The third kappa shape index (κ3) is 2.13. The first-order valence-corrected chi connectivity index (χ1v) is 5.52. The number of nitrogens with zero attached hydrogens (tertiary/aromatic N) is 1. The maximum absolute atomic E-state index is 11.1. The van der Waals surface area contributed by atoms with E-state index in [1.54, 1.807) is 6.92 Å². The van der Waals surface area contributed by atoms with Crippen molar-refractivity contribution in [3.63, 3.8) is 0 Å². The largest absolute Gasteiger partial charge is 0.478 e. The Morgan fingerprint density at radius 2 is 2.00 bits per heavy atom. The highest BCUT2D eigenvalue weighted by Crippen LogP contribution is 2.18. The molecule has 3 N–H and O–H groups in total. The number of rotatable bonds is 2. The summed E-state index contributed by atoms with van der Waals surface area (Å²) in [6.45, 7) is 3.15. The summed E-state index contributed by atoms with van der Waals surface area (Å²) in [4.78, 5) is 14.4. The number of sulfonamides is 1. The van der Waals surface area contributed by atoms with Crippen LogP contribution < -0.4 is 5.14 Å². The number of aromatic carboxylic acids is 1. The lowest BCUT2D eigenvalue weighted by molar-refractivity contribution is 0.0690. The molecule has 1 aromatic heterocycles. The zero-order valence-electron chi connectivity index (χ0n) is 8.18. The average Bonchev–Trinajstić information content (AvgIpc) is 2.06. The minimum atomic E-state index is -4.11. The van der Waals surface area contributed by atoms with Gasteiger partial charge in [-0.3, -0.25) is 0 Å². The van der Waals surface area contributed by atoms with Gasteiger partial charge in [0.15, 0.2) is 5.03 Å². The van der Waals surface area contributed by atoms with E-state index in [0.29, 0.717) is 11.1 Å². The molecule has 6 nitrogen and oxygen atoms in total. The van der Waals surface area contributed by atoms with E-state index in [2.05, 4.69) is 4.98 Å². The van der Waals surface area contributed by atoms with Crippen LogP contribution in [0.25, 0.3) is 0 Å². The molecule has 1 aromatic rings. The fraction of sp³-hybridized carbons (Fsp3) is 0.250. The number of hydrogen-bond acceptors (Lipinski definition) is 4. The van der Waals surface area contributed by atoms with E-state index in [4.69, 9.17) is 10.2 Å². The van der Waals surface area contributed by atoms with Crippen LogP contribution in [0.5, 0.6) is 0 Å². The maximum atomic E-state index is 11.1. The number of carbonyl (C=O) groups is 1. The number of pyridine rings is 1. The highest BCUT2D eigenvalue weighted by atomic mass is 32.2. The monoisotopic (exact) mass is 230 g/mol. The SMILES string of the molecule is Cc1cnc(S(N)(=O)=O)c(C(=O)O)c1C. The normalized spacial score (nSPS) is 11.4. The van der Waals surface area contributed by atoms with Crippen LogP contribution in [0, 0.1) is 13.8 Å². The Morgan fingerprint density at radius 1 is 1.47 bits per heavy atom. The molecule has 0 aliphatic heterocycles. The van der Waals surface area contributed by atoms with Gasteiger partial charge in [-0.15, -0.1) is 0 Å². The molecule has 1 rings (SSSR count). The average molecular weight is 230 g/mol. The second-order valence-electron chi connectivity index (χ2n) is 3.10. The Labute approximate surface area is 86.8 Å². The van der Waals surface area contributed by atoms with Crippen molar-refractivity contribution < 1.29 is 18.3 Å². The molecular weight excluding hydrogens is 220 g/mol. The molecule has 0 fully saturated rings. The van der Waals surface area contributed by atoms with E-state index >= 15 is 0 Å². The quantitative estimate of drug-likeness (QED) is 0.745. The number of primary sulfonamides is 1. The number of carboxylic acid groups (broad SMARTS) is 1. The van der Waals surface area contributed by atoms with Crippen LogP contribution in [0.3, 0.4) is 0 Å². The van der Waals surface area contributed by atoms with E-state index in [9.17, 15) is 13.2 Å². The van der Waals surface area contributed by atoms with E-state index in [0.717, 1.165) is 0 Å². The molecule has 0 saturated heterocycles. The molecule has 82 valence electrons. The third-order valence-corrected chi connectivity index (χ3v) is 2.89. The summed E-state index contributed by atoms with van der Waals surface area (Å²) in [5, 5.41) is 13.1. The van der Waals surface area contributed by atoms with Gasteiger partial charge in [-0.1, -0.05) is 0 Å². The number of aromatic nitrogens is 1. The molecule has 7 heteroatoms. The molecule has 0 spiro atoms. The van der Waals surface area contributed by atoms with E-state index in [-0.39, 0.29) is 5.56 Å². The number of carboxylic acids is 1. The van der Waals surface area contributed by atoms with Crippen LogP contribution in [-0.4, -0.2) is 24.5 Å². The lowest BCUT2D eigenvalue weighted by Crippen LogP contribution is -2.20. The summed E-state index contributed by atoms with van der Waals surface area (Å²) in [5.41, 5.74) is 0.582. The van der Waals surface area contributed by atoms with Gasteiger partial charge in [-0.25, -0.2) is 23.3 Å². The van der Waals surface area contributed by atoms with Crippen LogP contribution in [0.1, 0.15) is 21.5 Å². The topological polar surface area (TPSA) is 110 Å². The van der Waals surface area contributed by atoms with E-state index < -0.39 is 21.0 Å². The fourth-order valence-electron chi connectivity index (χ4n) is 1.14. The Bertz CT molecular complexity index is 522. The van der Waals surface area contributed by atoms with Crippen molar-refractivity contribution in [2.75, 3.05) is 0 Å². The molecule has 0 saturated carbocycles. The fourth-order valence-corrected chi connectivity index (χ4v) is 1.87. The van der Waals surface area contributed by atoms with Crippen LogP contribution in [-0.2, 0) is 10.0 Å². The smallest absolute Gasteiger partial charge is 0.338 e. The third-order valence-electron chi connectivity index (χ3n) is 2.04. The predicted molar refractivity (Wildman–Crippen MR) is 52.0 cm³/mol. The van der Waals surface area contributed by atoms with Crippen molar-refractivity contribution in [1.82, 2.24) is 4.98 Å². The first-order valence-electron chi connectivity index (χ1n) is 3.97. The first kappa shape index (κ1) is 11.6. The van der Waals surface area contributed by atoms with Gasteiger partial charge in [-0.05, 0) is 25.0 Å². The van der Waals surface area contributed by atoms with Crippen molar-refractivity contribution in [3.8, 4) is 0 Å². The summed E-state index contributed by atoms with van der Waals surface area (Å²) in [7, 11) is -4.11. The Hall–Kier alpha value is -1.47. The highest BCUT2D eigenvalue weighted by molar-refractivity contribution is 7.89. The number of hydrogen-bond donors (Lipinski definition) is 2. The Morgan fingerprint density at radius 3 is 2.40 bits per heavy atom. The second kappa shape index (κ2) is 3.59. The van der Waals surface area contributed by atoms with Gasteiger partial charge in [0.2, 0.25) is 0 Å².